The monoisotopic (exact) mass is 264 g/mol. The van der Waals surface area contributed by atoms with Crippen molar-refractivity contribution in [2.75, 3.05) is 31.9 Å². The molecule has 0 bridgehead atoms. The van der Waals surface area contributed by atoms with E-state index in [-0.39, 0.29) is 18.8 Å². The third-order valence-corrected chi connectivity index (χ3v) is 4.48. The number of carboxylic acids is 1. The molecule has 0 unspecified atom stereocenters. The van der Waals surface area contributed by atoms with E-state index in [9.17, 15) is 18.0 Å². The molecule has 1 aliphatic rings. The minimum Gasteiger partial charge on any atom is -0.480 e. The van der Waals surface area contributed by atoms with Crippen molar-refractivity contribution in [2.45, 2.75) is 13.3 Å². The van der Waals surface area contributed by atoms with E-state index in [1.807, 2.05) is 0 Å². The molecule has 8 heteroatoms. The first-order chi connectivity index (χ1) is 7.86. The van der Waals surface area contributed by atoms with Gasteiger partial charge in [0.1, 0.15) is 6.54 Å². The van der Waals surface area contributed by atoms with Crippen molar-refractivity contribution in [1.82, 2.24) is 9.21 Å². The largest absolute Gasteiger partial charge is 0.480 e. The third kappa shape index (κ3) is 3.67. The molecule has 1 rings (SSSR count). The quantitative estimate of drug-likeness (QED) is 0.684. The molecule has 1 N–H and O–H groups in total. The topological polar surface area (TPSA) is 95.0 Å². The van der Waals surface area contributed by atoms with Crippen LogP contribution in [-0.4, -0.2) is 66.5 Å². The van der Waals surface area contributed by atoms with Crippen LogP contribution in [0.15, 0.2) is 0 Å². The van der Waals surface area contributed by atoms with Crippen LogP contribution < -0.4 is 0 Å². The molecular weight excluding hydrogens is 248 g/mol. The van der Waals surface area contributed by atoms with Gasteiger partial charge in [-0.15, -0.1) is 0 Å². The highest BCUT2D eigenvalue weighted by Crippen LogP contribution is 2.13. The van der Waals surface area contributed by atoms with Crippen LogP contribution >= 0.6 is 0 Å². The summed E-state index contributed by atoms with van der Waals surface area (Å²) in [6.07, 6.45) is 0.515. The summed E-state index contributed by atoms with van der Waals surface area (Å²) in [6, 6.07) is 0. The zero-order valence-corrected chi connectivity index (χ0v) is 10.4. The summed E-state index contributed by atoms with van der Waals surface area (Å²) in [4.78, 5) is 23.3. The van der Waals surface area contributed by atoms with Crippen molar-refractivity contribution in [3.63, 3.8) is 0 Å². The van der Waals surface area contributed by atoms with Crippen LogP contribution in [0.25, 0.3) is 0 Å². The first kappa shape index (κ1) is 13.9. The maximum Gasteiger partial charge on any atom is 0.323 e. The van der Waals surface area contributed by atoms with Crippen molar-refractivity contribution in [3.8, 4) is 0 Å². The average Bonchev–Trinajstić information content (AvgIpc) is 2.54. The number of aliphatic carboxylic acids is 1. The minimum atomic E-state index is -3.31. The summed E-state index contributed by atoms with van der Waals surface area (Å²) < 4.78 is 24.0. The summed E-state index contributed by atoms with van der Waals surface area (Å²) in [7, 11) is -3.31. The van der Waals surface area contributed by atoms with Gasteiger partial charge in [0.25, 0.3) is 0 Å². The lowest BCUT2D eigenvalue weighted by molar-refractivity contribution is -0.144. The van der Waals surface area contributed by atoms with E-state index in [0.717, 1.165) is 9.21 Å². The van der Waals surface area contributed by atoms with Gasteiger partial charge < -0.3 is 10.0 Å². The Hall–Kier alpha value is -1.15. The summed E-state index contributed by atoms with van der Waals surface area (Å²) in [5.41, 5.74) is 0. The van der Waals surface area contributed by atoms with Crippen LogP contribution in [0.4, 0.5) is 0 Å². The Morgan fingerprint density at radius 2 is 2.06 bits per heavy atom. The SMILES string of the molecule is CCN(CC(=O)O)C(=O)CN1CCCS1(=O)=O. The number of carbonyl (C=O) groups excluding carboxylic acids is 1. The number of sulfonamides is 1. The van der Waals surface area contributed by atoms with Crippen molar-refractivity contribution < 1.29 is 23.1 Å². The lowest BCUT2D eigenvalue weighted by Crippen LogP contribution is -2.43. The molecule has 0 radical (unpaired) electrons. The van der Waals surface area contributed by atoms with Crippen LogP contribution in [0.5, 0.6) is 0 Å². The molecule has 1 saturated heterocycles. The predicted molar refractivity (Wildman–Crippen MR) is 59.9 cm³/mol. The first-order valence-corrected chi connectivity index (χ1v) is 6.95. The van der Waals surface area contributed by atoms with Crippen molar-refractivity contribution in [3.05, 3.63) is 0 Å². The lowest BCUT2D eigenvalue weighted by atomic mass is 10.4. The molecular formula is C9H16N2O5S. The second kappa shape index (κ2) is 5.46. The van der Waals surface area contributed by atoms with Crippen LogP contribution in [-0.2, 0) is 19.6 Å². The van der Waals surface area contributed by atoms with Gasteiger partial charge in [-0.05, 0) is 13.3 Å². The number of likely N-dealkylation sites (N-methyl/N-ethyl adjacent to an activating group) is 1. The van der Waals surface area contributed by atoms with E-state index < -0.39 is 28.4 Å². The number of amides is 1. The molecule has 0 spiro atoms. The Balaban J connectivity index is 2.61. The van der Waals surface area contributed by atoms with Crippen molar-refractivity contribution in [1.29, 1.82) is 0 Å². The molecule has 0 aromatic carbocycles. The Morgan fingerprint density at radius 3 is 2.47 bits per heavy atom. The fourth-order valence-corrected chi connectivity index (χ4v) is 3.13. The van der Waals surface area contributed by atoms with Gasteiger partial charge in [0, 0.05) is 13.1 Å². The smallest absolute Gasteiger partial charge is 0.323 e. The minimum absolute atomic E-state index is 0.0608. The second-order valence-electron chi connectivity index (χ2n) is 3.80. The molecule has 0 aliphatic carbocycles. The molecule has 0 atom stereocenters. The number of hydrogen-bond acceptors (Lipinski definition) is 4. The number of carbonyl (C=O) groups is 2. The first-order valence-electron chi connectivity index (χ1n) is 5.34. The Labute approximate surface area is 100 Å². The Kier molecular flexibility index (Phi) is 4.47. The van der Waals surface area contributed by atoms with Gasteiger partial charge in [-0.1, -0.05) is 0 Å². The van der Waals surface area contributed by atoms with Crippen molar-refractivity contribution >= 4 is 21.9 Å². The molecule has 1 heterocycles. The Morgan fingerprint density at radius 1 is 1.41 bits per heavy atom. The van der Waals surface area contributed by atoms with Crippen LogP contribution in [0.3, 0.4) is 0 Å². The van der Waals surface area contributed by atoms with Gasteiger partial charge in [-0.25, -0.2) is 8.42 Å². The van der Waals surface area contributed by atoms with E-state index in [4.69, 9.17) is 5.11 Å². The highest BCUT2D eigenvalue weighted by molar-refractivity contribution is 7.89. The summed E-state index contributed by atoms with van der Waals surface area (Å²) >= 11 is 0. The molecule has 1 aliphatic heterocycles. The zero-order chi connectivity index (χ0) is 13.1. The number of hydrogen-bond donors (Lipinski definition) is 1. The molecule has 0 saturated carbocycles. The molecule has 1 amide bonds. The van der Waals surface area contributed by atoms with E-state index in [1.54, 1.807) is 6.92 Å². The van der Waals surface area contributed by atoms with Crippen LogP contribution in [0.2, 0.25) is 0 Å². The maximum atomic E-state index is 11.7. The Bertz CT molecular complexity index is 406. The predicted octanol–water partition coefficient (Wildman–Crippen LogP) is -1.04. The fourth-order valence-electron chi connectivity index (χ4n) is 1.66. The van der Waals surface area contributed by atoms with Gasteiger partial charge in [0.15, 0.2) is 0 Å². The highest BCUT2D eigenvalue weighted by atomic mass is 32.2. The van der Waals surface area contributed by atoms with Gasteiger partial charge in [0.05, 0.1) is 12.3 Å². The number of carboxylic acid groups (broad SMARTS) is 1. The molecule has 7 nitrogen and oxygen atoms in total. The van der Waals surface area contributed by atoms with Gasteiger partial charge >= 0.3 is 5.97 Å². The zero-order valence-electron chi connectivity index (χ0n) is 9.63. The van der Waals surface area contributed by atoms with Gasteiger partial charge in [-0.2, -0.15) is 4.31 Å². The normalized spacial score (nSPS) is 19.1. The van der Waals surface area contributed by atoms with Crippen molar-refractivity contribution in [2.24, 2.45) is 0 Å². The summed E-state index contributed by atoms with van der Waals surface area (Å²) in [5.74, 6) is -1.52. The standard InChI is InChI=1S/C9H16N2O5S/c1-2-10(7-9(13)14)8(12)6-11-4-3-5-17(11,15)16/h2-7H2,1H3,(H,13,14). The molecule has 98 valence electrons. The fraction of sp³-hybridized carbons (Fsp3) is 0.778. The number of nitrogens with zero attached hydrogens (tertiary/aromatic N) is 2. The lowest BCUT2D eigenvalue weighted by Gasteiger charge is -2.21. The third-order valence-electron chi connectivity index (χ3n) is 2.58. The summed E-state index contributed by atoms with van der Waals surface area (Å²) in [6.45, 7) is 1.57. The average molecular weight is 264 g/mol. The molecule has 1 fully saturated rings. The summed E-state index contributed by atoms with van der Waals surface area (Å²) in [5, 5.41) is 8.60. The van der Waals surface area contributed by atoms with E-state index in [2.05, 4.69) is 0 Å². The second-order valence-corrected chi connectivity index (χ2v) is 5.89. The van der Waals surface area contributed by atoms with E-state index >= 15 is 0 Å². The van der Waals surface area contributed by atoms with E-state index in [1.165, 1.54) is 0 Å². The van der Waals surface area contributed by atoms with Gasteiger partial charge in [-0.3, -0.25) is 9.59 Å². The van der Waals surface area contributed by atoms with Gasteiger partial charge in [0.2, 0.25) is 15.9 Å². The van der Waals surface area contributed by atoms with Crippen LogP contribution in [0, 0.1) is 0 Å². The maximum absolute atomic E-state index is 11.7. The molecule has 17 heavy (non-hydrogen) atoms. The highest BCUT2D eigenvalue weighted by Gasteiger charge is 2.31. The number of rotatable bonds is 5. The molecule has 0 aromatic heterocycles. The van der Waals surface area contributed by atoms with Crippen LogP contribution in [0.1, 0.15) is 13.3 Å². The molecule has 0 aromatic rings. The van der Waals surface area contributed by atoms with E-state index in [0.29, 0.717) is 13.0 Å².